The van der Waals surface area contributed by atoms with Crippen LogP contribution in [0.4, 0.5) is 5.69 Å². The van der Waals surface area contributed by atoms with Gasteiger partial charge in [-0.2, -0.15) is 0 Å². The average Bonchev–Trinajstić information content (AvgIpc) is 2.74. The van der Waals surface area contributed by atoms with Crippen molar-refractivity contribution in [3.05, 3.63) is 102 Å². The minimum absolute atomic E-state index is 0.177. The van der Waals surface area contributed by atoms with Gasteiger partial charge in [-0.05, 0) is 58.3 Å². The molecule has 0 aliphatic carbocycles. The Morgan fingerprint density at radius 3 is 2.14 bits per heavy atom. The number of nitrogens with one attached hydrogen (secondary N) is 1. The zero-order valence-corrected chi connectivity index (χ0v) is 14.9. The highest BCUT2D eigenvalue weighted by Crippen LogP contribution is 2.29. The van der Waals surface area contributed by atoms with E-state index in [9.17, 15) is 9.59 Å². The summed E-state index contributed by atoms with van der Waals surface area (Å²) in [5.74, 6) is -1.24. The number of aromatic carboxylic acids is 1. The lowest BCUT2D eigenvalue weighted by molar-refractivity contribution is 0.0696. The van der Waals surface area contributed by atoms with Crippen molar-refractivity contribution in [3.8, 4) is 11.1 Å². The van der Waals surface area contributed by atoms with Crippen molar-refractivity contribution in [2.75, 3.05) is 5.32 Å². The van der Waals surface area contributed by atoms with Gasteiger partial charge in [0.2, 0.25) is 0 Å². The molecule has 0 radical (unpaired) electrons. The van der Waals surface area contributed by atoms with Crippen molar-refractivity contribution in [1.82, 2.24) is 0 Å². The monoisotopic (exact) mass is 367 g/mol. The molecule has 4 rings (SSSR count). The van der Waals surface area contributed by atoms with E-state index in [1.54, 1.807) is 18.2 Å². The quantitative estimate of drug-likeness (QED) is 0.503. The van der Waals surface area contributed by atoms with Gasteiger partial charge in [-0.1, -0.05) is 54.6 Å². The van der Waals surface area contributed by atoms with Crippen LogP contribution in [0.1, 0.15) is 20.7 Å². The smallest absolute Gasteiger partial charge is 0.335 e. The maximum Gasteiger partial charge on any atom is 0.335 e. The van der Waals surface area contributed by atoms with E-state index in [-0.39, 0.29) is 11.5 Å². The number of carboxylic acid groups (broad SMARTS) is 1. The number of carbonyl (C=O) groups is 2. The van der Waals surface area contributed by atoms with Crippen LogP contribution in [0.3, 0.4) is 0 Å². The SMILES string of the molecule is O=C(O)c1ccc(NC(=O)c2ccc3cccc(-c4ccccc4)c3c2)cc1. The first-order valence-corrected chi connectivity index (χ1v) is 8.85. The third-order valence-electron chi connectivity index (χ3n) is 4.62. The van der Waals surface area contributed by atoms with E-state index >= 15 is 0 Å². The van der Waals surface area contributed by atoms with E-state index in [4.69, 9.17) is 5.11 Å². The maximum atomic E-state index is 12.7. The molecule has 2 N–H and O–H groups in total. The molecule has 0 saturated heterocycles. The van der Waals surface area contributed by atoms with Crippen molar-refractivity contribution in [1.29, 1.82) is 0 Å². The lowest BCUT2D eigenvalue weighted by Crippen LogP contribution is -2.12. The Labute approximate surface area is 162 Å². The first-order chi connectivity index (χ1) is 13.6. The van der Waals surface area contributed by atoms with E-state index in [0.29, 0.717) is 11.3 Å². The van der Waals surface area contributed by atoms with Gasteiger partial charge in [0, 0.05) is 11.3 Å². The second-order valence-electron chi connectivity index (χ2n) is 6.44. The van der Waals surface area contributed by atoms with Crippen molar-refractivity contribution in [2.24, 2.45) is 0 Å². The summed E-state index contributed by atoms with van der Waals surface area (Å²) in [5.41, 5.74) is 3.43. The molecular formula is C24H17NO3. The lowest BCUT2D eigenvalue weighted by Gasteiger charge is -2.10. The van der Waals surface area contributed by atoms with Crippen LogP contribution >= 0.6 is 0 Å². The normalized spacial score (nSPS) is 10.6. The molecule has 0 fully saturated rings. The van der Waals surface area contributed by atoms with Crippen LogP contribution in [0.15, 0.2) is 91.0 Å². The predicted octanol–water partition coefficient (Wildman–Crippen LogP) is 5.46. The molecule has 4 heteroatoms. The molecule has 4 nitrogen and oxygen atoms in total. The van der Waals surface area contributed by atoms with Crippen LogP contribution in [0.2, 0.25) is 0 Å². The lowest BCUT2D eigenvalue weighted by atomic mass is 9.96. The van der Waals surface area contributed by atoms with Gasteiger partial charge in [-0.25, -0.2) is 4.79 Å². The Morgan fingerprint density at radius 2 is 1.43 bits per heavy atom. The number of anilines is 1. The third kappa shape index (κ3) is 3.48. The summed E-state index contributed by atoms with van der Waals surface area (Å²) >= 11 is 0. The highest BCUT2D eigenvalue weighted by Gasteiger charge is 2.10. The summed E-state index contributed by atoms with van der Waals surface area (Å²) in [6, 6.07) is 27.8. The first-order valence-electron chi connectivity index (χ1n) is 8.85. The van der Waals surface area contributed by atoms with Crippen LogP contribution in [0.25, 0.3) is 21.9 Å². The van der Waals surface area contributed by atoms with Crippen molar-refractivity contribution in [2.45, 2.75) is 0 Å². The molecule has 0 unspecified atom stereocenters. The van der Waals surface area contributed by atoms with Crippen molar-refractivity contribution in [3.63, 3.8) is 0 Å². The zero-order chi connectivity index (χ0) is 19.5. The Hall–Kier alpha value is -3.92. The molecule has 0 aromatic heterocycles. The van der Waals surface area contributed by atoms with Gasteiger partial charge in [0.05, 0.1) is 5.56 Å². The summed E-state index contributed by atoms with van der Waals surface area (Å²) in [6.07, 6.45) is 0. The highest BCUT2D eigenvalue weighted by atomic mass is 16.4. The minimum atomic E-state index is -0.999. The van der Waals surface area contributed by atoms with Gasteiger partial charge < -0.3 is 10.4 Å². The van der Waals surface area contributed by atoms with E-state index < -0.39 is 5.97 Å². The van der Waals surface area contributed by atoms with E-state index in [2.05, 4.69) is 5.32 Å². The van der Waals surface area contributed by atoms with Crippen molar-refractivity contribution < 1.29 is 14.7 Å². The van der Waals surface area contributed by atoms with Gasteiger partial charge in [-0.15, -0.1) is 0 Å². The Kier molecular flexibility index (Phi) is 4.60. The molecule has 1 amide bonds. The highest BCUT2D eigenvalue weighted by molar-refractivity contribution is 6.08. The number of benzene rings is 4. The summed E-state index contributed by atoms with van der Waals surface area (Å²) in [5, 5.41) is 13.8. The molecule has 4 aromatic rings. The van der Waals surface area contributed by atoms with E-state index in [1.165, 1.54) is 12.1 Å². The van der Waals surface area contributed by atoms with E-state index in [1.807, 2.05) is 60.7 Å². The third-order valence-corrected chi connectivity index (χ3v) is 4.62. The largest absolute Gasteiger partial charge is 0.478 e. The Bertz CT molecular complexity index is 1170. The number of amides is 1. The number of hydrogen-bond acceptors (Lipinski definition) is 2. The molecule has 0 atom stereocenters. The Balaban J connectivity index is 1.67. The molecule has 0 heterocycles. The van der Waals surface area contributed by atoms with Crippen LogP contribution in [-0.4, -0.2) is 17.0 Å². The molecule has 0 bridgehead atoms. The Morgan fingerprint density at radius 1 is 0.714 bits per heavy atom. The molecule has 0 aliphatic heterocycles. The standard InChI is InChI=1S/C24H17NO3/c26-23(25-20-13-11-18(12-14-20)24(27)28)19-10-9-17-7-4-8-21(22(17)15-19)16-5-2-1-3-6-16/h1-15H,(H,25,26)(H,27,28). The maximum absolute atomic E-state index is 12.7. The fourth-order valence-electron chi connectivity index (χ4n) is 3.18. The number of fused-ring (bicyclic) bond motifs is 1. The summed E-state index contributed by atoms with van der Waals surface area (Å²) in [6.45, 7) is 0. The van der Waals surface area contributed by atoms with Gasteiger partial charge in [0.15, 0.2) is 0 Å². The summed E-state index contributed by atoms with van der Waals surface area (Å²) in [7, 11) is 0. The number of hydrogen-bond donors (Lipinski definition) is 2. The number of rotatable bonds is 4. The fourth-order valence-corrected chi connectivity index (χ4v) is 3.18. The molecule has 0 spiro atoms. The molecular weight excluding hydrogens is 350 g/mol. The molecule has 0 aliphatic rings. The second-order valence-corrected chi connectivity index (χ2v) is 6.44. The number of carbonyl (C=O) groups excluding carboxylic acids is 1. The van der Waals surface area contributed by atoms with Gasteiger partial charge in [-0.3, -0.25) is 4.79 Å². The van der Waals surface area contributed by atoms with Gasteiger partial charge in [0.25, 0.3) is 5.91 Å². The topological polar surface area (TPSA) is 66.4 Å². The molecule has 28 heavy (non-hydrogen) atoms. The molecule has 0 saturated carbocycles. The van der Waals surface area contributed by atoms with Crippen LogP contribution in [-0.2, 0) is 0 Å². The summed E-state index contributed by atoms with van der Waals surface area (Å²) < 4.78 is 0. The first kappa shape index (κ1) is 17.5. The minimum Gasteiger partial charge on any atom is -0.478 e. The van der Waals surface area contributed by atoms with E-state index in [0.717, 1.165) is 21.9 Å². The zero-order valence-electron chi connectivity index (χ0n) is 14.9. The van der Waals surface area contributed by atoms with Crippen molar-refractivity contribution >= 4 is 28.3 Å². The number of carboxylic acids is 1. The molecule has 136 valence electrons. The summed E-state index contributed by atoms with van der Waals surface area (Å²) in [4.78, 5) is 23.6. The average molecular weight is 367 g/mol. The predicted molar refractivity (Wildman–Crippen MR) is 111 cm³/mol. The fraction of sp³-hybridized carbons (Fsp3) is 0. The van der Waals surface area contributed by atoms with Crippen LogP contribution in [0.5, 0.6) is 0 Å². The van der Waals surface area contributed by atoms with Gasteiger partial charge in [0.1, 0.15) is 0 Å². The van der Waals surface area contributed by atoms with Crippen LogP contribution in [0, 0.1) is 0 Å². The second kappa shape index (κ2) is 7.37. The molecule has 4 aromatic carbocycles. The van der Waals surface area contributed by atoms with Crippen LogP contribution < -0.4 is 5.32 Å². The van der Waals surface area contributed by atoms with Gasteiger partial charge >= 0.3 is 5.97 Å².